The van der Waals surface area contributed by atoms with E-state index >= 15 is 0 Å². The van der Waals surface area contributed by atoms with Gasteiger partial charge in [0.05, 0.1) is 10.9 Å². The van der Waals surface area contributed by atoms with E-state index in [9.17, 15) is 15.0 Å². The van der Waals surface area contributed by atoms with Crippen molar-refractivity contribution in [2.24, 2.45) is 5.41 Å². The summed E-state index contributed by atoms with van der Waals surface area (Å²) in [5.74, 6) is -0.580. The van der Waals surface area contributed by atoms with Crippen LogP contribution in [0, 0.1) is 5.41 Å². The summed E-state index contributed by atoms with van der Waals surface area (Å²) in [5.41, 5.74) is 0.916. The van der Waals surface area contributed by atoms with Crippen molar-refractivity contribution in [3.63, 3.8) is 0 Å². The normalized spacial score (nSPS) is 11.9. The number of hydrogen-bond donors (Lipinski definition) is 2. The summed E-state index contributed by atoms with van der Waals surface area (Å²) in [4.78, 5) is 11.2. The second kappa shape index (κ2) is 4.61. The van der Waals surface area contributed by atoms with Gasteiger partial charge in [-0.2, -0.15) is 0 Å². The number of fused-ring (bicyclic) bond motifs is 1. The van der Waals surface area contributed by atoms with Crippen LogP contribution in [0.4, 0.5) is 0 Å². The third-order valence-electron chi connectivity index (χ3n) is 3.51. The maximum absolute atomic E-state index is 11.2. The van der Waals surface area contributed by atoms with Crippen molar-refractivity contribution in [1.82, 2.24) is 4.57 Å². The predicted octanol–water partition coefficient (Wildman–Crippen LogP) is 3.02. The molecule has 0 aliphatic heterocycles. The molecule has 2 rings (SSSR count). The minimum atomic E-state index is -0.821. The Kier molecular flexibility index (Phi) is 3.27. The van der Waals surface area contributed by atoms with Crippen molar-refractivity contribution < 1.29 is 15.0 Å². The van der Waals surface area contributed by atoms with Crippen LogP contribution in [0.3, 0.4) is 0 Å². The predicted molar refractivity (Wildman–Crippen MR) is 74.4 cm³/mol. The number of para-hydroxylation sites is 1. The number of carbonyl (C=O) groups is 1. The van der Waals surface area contributed by atoms with E-state index in [0.29, 0.717) is 6.42 Å². The number of aromatic nitrogens is 1. The quantitative estimate of drug-likeness (QED) is 0.889. The standard InChI is InChI=1S/C15H19NO3/c1-4-16-9-10(8-15(2,3)14(18)19)11-6-5-7-12(17)13(11)16/h5-7,9,17H,4,8H2,1-3H3,(H,18,19). The Balaban J connectivity index is 2.57. The van der Waals surface area contributed by atoms with Crippen LogP contribution in [0.15, 0.2) is 24.4 Å². The van der Waals surface area contributed by atoms with Crippen molar-refractivity contribution in [2.75, 3.05) is 0 Å². The molecule has 19 heavy (non-hydrogen) atoms. The fraction of sp³-hybridized carbons (Fsp3) is 0.400. The van der Waals surface area contributed by atoms with Gasteiger partial charge in [0.1, 0.15) is 5.75 Å². The SMILES string of the molecule is CCn1cc(CC(C)(C)C(=O)O)c2cccc(O)c21. The van der Waals surface area contributed by atoms with E-state index in [1.807, 2.05) is 23.8 Å². The molecule has 0 saturated heterocycles. The molecule has 0 bridgehead atoms. The Bertz CT molecular complexity index is 626. The molecular formula is C15H19NO3. The third kappa shape index (κ3) is 2.30. The smallest absolute Gasteiger partial charge is 0.309 e. The van der Waals surface area contributed by atoms with Gasteiger partial charge in [-0.15, -0.1) is 0 Å². The van der Waals surface area contributed by atoms with Gasteiger partial charge in [0.2, 0.25) is 0 Å². The van der Waals surface area contributed by atoms with E-state index in [-0.39, 0.29) is 5.75 Å². The molecule has 0 unspecified atom stereocenters. The molecule has 0 atom stereocenters. The van der Waals surface area contributed by atoms with Gasteiger partial charge < -0.3 is 14.8 Å². The Morgan fingerprint density at radius 1 is 1.37 bits per heavy atom. The lowest BCUT2D eigenvalue weighted by Crippen LogP contribution is -2.26. The summed E-state index contributed by atoms with van der Waals surface area (Å²) in [7, 11) is 0. The van der Waals surface area contributed by atoms with E-state index in [1.165, 1.54) is 0 Å². The molecule has 102 valence electrons. The van der Waals surface area contributed by atoms with Crippen LogP contribution in [-0.4, -0.2) is 20.7 Å². The van der Waals surface area contributed by atoms with Crippen molar-refractivity contribution in [1.29, 1.82) is 0 Å². The minimum absolute atomic E-state index is 0.235. The van der Waals surface area contributed by atoms with E-state index in [2.05, 4.69) is 0 Å². The Hall–Kier alpha value is -1.97. The third-order valence-corrected chi connectivity index (χ3v) is 3.51. The summed E-state index contributed by atoms with van der Waals surface area (Å²) < 4.78 is 1.96. The van der Waals surface area contributed by atoms with Crippen molar-refractivity contribution in [3.05, 3.63) is 30.0 Å². The molecule has 4 heteroatoms. The maximum Gasteiger partial charge on any atom is 0.309 e. The Morgan fingerprint density at radius 2 is 2.05 bits per heavy atom. The van der Waals surface area contributed by atoms with Crippen molar-refractivity contribution in [3.8, 4) is 5.75 Å². The largest absolute Gasteiger partial charge is 0.506 e. The summed E-state index contributed by atoms with van der Waals surface area (Å²) in [6.07, 6.45) is 2.38. The van der Waals surface area contributed by atoms with E-state index in [0.717, 1.165) is 23.0 Å². The van der Waals surface area contributed by atoms with Crippen LogP contribution in [0.5, 0.6) is 5.75 Å². The summed E-state index contributed by atoms with van der Waals surface area (Å²) in [6, 6.07) is 5.37. The summed E-state index contributed by atoms with van der Waals surface area (Å²) in [6.45, 7) is 6.17. The van der Waals surface area contributed by atoms with Crippen LogP contribution >= 0.6 is 0 Å². The van der Waals surface area contributed by atoms with Crippen LogP contribution in [0.25, 0.3) is 10.9 Å². The number of phenolic OH excluding ortho intramolecular Hbond substituents is 1. The number of carboxylic acid groups (broad SMARTS) is 1. The monoisotopic (exact) mass is 261 g/mol. The van der Waals surface area contributed by atoms with Gasteiger partial charge in [0, 0.05) is 18.1 Å². The topological polar surface area (TPSA) is 62.5 Å². The molecule has 0 aliphatic rings. The highest BCUT2D eigenvalue weighted by Crippen LogP contribution is 2.33. The zero-order valence-electron chi connectivity index (χ0n) is 11.5. The molecule has 1 heterocycles. The number of nitrogens with zero attached hydrogens (tertiary/aromatic N) is 1. The van der Waals surface area contributed by atoms with Gasteiger partial charge in [0.15, 0.2) is 0 Å². The number of aromatic hydroxyl groups is 1. The molecule has 2 N–H and O–H groups in total. The average Bonchev–Trinajstić information content (AvgIpc) is 2.68. The molecule has 0 radical (unpaired) electrons. The van der Waals surface area contributed by atoms with Gasteiger partial charge in [0.25, 0.3) is 0 Å². The second-order valence-electron chi connectivity index (χ2n) is 5.48. The van der Waals surface area contributed by atoms with Gasteiger partial charge in [-0.3, -0.25) is 4.79 Å². The van der Waals surface area contributed by atoms with Crippen LogP contribution in [0.2, 0.25) is 0 Å². The molecule has 2 aromatic rings. The zero-order chi connectivity index (χ0) is 14.2. The first-order valence-corrected chi connectivity index (χ1v) is 6.40. The molecule has 0 saturated carbocycles. The van der Waals surface area contributed by atoms with Gasteiger partial charge in [-0.1, -0.05) is 12.1 Å². The molecule has 1 aromatic carbocycles. The molecule has 0 spiro atoms. The lowest BCUT2D eigenvalue weighted by Gasteiger charge is -2.18. The fourth-order valence-corrected chi connectivity index (χ4v) is 2.36. The number of phenols is 1. The first-order chi connectivity index (χ1) is 8.86. The lowest BCUT2D eigenvalue weighted by molar-refractivity contribution is -0.146. The van der Waals surface area contributed by atoms with Crippen LogP contribution in [0.1, 0.15) is 26.3 Å². The number of benzene rings is 1. The maximum atomic E-state index is 11.2. The first kappa shape index (κ1) is 13.5. The van der Waals surface area contributed by atoms with Crippen LogP contribution < -0.4 is 0 Å². The zero-order valence-corrected chi connectivity index (χ0v) is 11.5. The van der Waals surface area contributed by atoms with E-state index in [4.69, 9.17) is 0 Å². The average molecular weight is 261 g/mol. The lowest BCUT2D eigenvalue weighted by atomic mass is 9.86. The second-order valence-corrected chi connectivity index (χ2v) is 5.48. The number of hydrogen-bond acceptors (Lipinski definition) is 2. The molecule has 0 fully saturated rings. The highest BCUT2D eigenvalue weighted by Gasteiger charge is 2.29. The Morgan fingerprint density at radius 3 is 2.63 bits per heavy atom. The number of aryl methyl sites for hydroxylation is 1. The van der Waals surface area contributed by atoms with Gasteiger partial charge >= 0.3 is 5.97 Å². The molecule has 0 aliphatic carbocycles. The molecular weight excluding hydrogens is 242 g/mol. The number of carboxylic acids is 1. The van der Waals surface area contributed by atoms with Crippen molar-refractivity contribution in [2.45, 2.75) is 33.7 Å². The minimum Gasteiger partial charge on any atom is -0.506 e. The summed E-state index contributed by atoms with van der Waals surface area (Å²) in [5, 5.41) is 20.1. The van der Waals surface area contributed by atoms with Gasteiger partial charge in [-0.25, -0.2) is 0 Å². The fourth-order valence-electron chi connectivity index (χ4n) is 2.36. The number of aliphatic carboxylic acids is 1. The van der Waals surface area contributed by atoms with Crippen LogP contribution in [-0.2, 0) is 17.8 Å². The molecule has 4 nitrogen and oxygen atoms in total. The molecule has 0 amide bonds. The first-order valence-electron chi connectivity index (χ1n) is 6.40. The molecule has 1 aromatic heterocycles. The van der Waals surface area contributed by atoms with E-state index < -0.39 is 11.4 Å². The van der Waals surface area contributed by atoms with E-state index in [1.54, 1.807) is 26.0 Å². The number of rotatable bonds is 4. The van der Waals surface area contributed by atoms with Crippen molar-refractivity contribution >= 4 is 16.9 Å². The highest BCUT2D eigenvalue weighted by molar-refractivity contribution is 5.89. The van der Waals surface area contributed by atoms with Gasteiger partial charge in [-0.05, 0) is 38.8 Å². The Labute approximate surface area is 112 Å². The summed E-state index contributed by atoms with van der Waals surface area (Å²) >= 11 is 0. The highest BCUT2D eigenvalue weighted by atomic mass is 16.4.